The smallest absolute Gasteiger partial charge is 0.208 e. The Balaban J connectivity index is 0.00000338. The van der Waals surface area contributed by atoms with E-state index < -0.39 is 16.1 Å². The highest BCUT2D eigenvalue weighted by Gasteiger charge is 2.12. The highest BCUT2D eigenvalue weighted by molar-refractivity contribution is 14.0. The van der Waals surface area contributed by atoms with Crippen molar-refractivity contribution in [3.63, 3.8) is 0 Å². The molecule has 0 aliphatic heterocycles. The van der Waals surface area contributed by atoms with E-state index in [0.29, 0.717) is 32.0 Å². The number of hydrogen-bond donors (Lipinski definition) is 4. The van der Waals surface area contributed by atoms with Crippen molar-refractivity contribution in [1.29, 1.82) is 0 Å². The fourth-order valence-corrected chi connectivity index (χ4v) is 3.80. The molecule has 10 heteroatoms. The molecule has 0 amide bonds. The normalized spacial score (nSPS) is 13.3. The summed E-state index contributed by atoms with van der Waals surface area (Å²) in [5, 5.41) is 17.6. The number of nitrogens with one attached hydrogen (secondary N) is 3. The zero-order valence-corrected chi connectivity index (χ0v) is 18.7. The lowest BCUT2D eigenvalue weighted by atomic mass is 10.2. The molecule has 1 heterocycles. The van der Waals surface area contributed by atoms with Crippen LogP contribution in [0.5, 0.6) is 0 Å². The molecule has 4 N–H and O–H groups in total. The summed E-state index contributed by atoms with van der Waals surface area (Å²) in [5.74, 6) is 0.569. The van der Waals surface area contributed by atoms with Gasteiger partial charge >= 0.3 is 0 Å². The summed E-state index contributed by atoms with van der Waals surface area (Å²) in [6.45, 7) is 1.28. The van der Waals surface area contributed by atoms with Crippen molar-refractivity contribution in [2.24, 2.45) is 4.99 Å². The minimum Gasteiger partial charge on any atom is -0.386 e. The Morgan fingerprint density at radius 2 is 2.00 bits per heavy atom. The number of aliphatic hydroxyl groups is 1. The zero-order valence-electron chi connectivity index (χ0n) is 14.7. The van der Waals surface area contributed by atoms with Gasteiger partial charge in [0.25, 0.3) is 0 Å². The Morgan fingerprint density at radius 1 is 1.27 bits per heavy atom. The molecule has 0 aliphatic rings. The van der Waals surface area contributed by atoms with Gasteiger partial charge < -0.3 is 15.7 Å². The van der Waals surface area contributed by atoms with E-state index in [2.05, 4.69) is 20.3 Å². The first-order chi connectivity index (χ1) is 11.9. The average Bonchev–Trinajstić information content (AvgIpc) is 3.00. The Kier molecular flexibility index (Phi) is 9.79. The van der Waals surface area contributed by atoms with Crippen LogP contribution in [-0.2, 0) is 10.0 Å². The molecule has 1 aromatic carbocycles. The number of thiophene rings is 1. The number of sulfonamides is 1. The number of halogens is 1. The van der Waals surface area contributed by atoms with Crippen molar-refractivity contribution >= 4 is 61.4 Å². The molecule has 1 atom stereocenters. The van der Waals surface area contributed by atoms with Crippen molar-refractivity contribution in [2.45, 2.75) is 12.5 Å². The molecule has 1 aromatic heterocycles. The van der Waals surface area contributed by atoms with Crippen LogP contribution in [0.15, 0.2) is 35.3 Å². The van der Waals surface area contributed by atoms with Crippen molar-refractivity contribution in [2.75, 3.05) is 32.9 Å². The van der Waals surface area contributed by atoms with Gasteiger partial charge in [0.1, 0.15) is 6.10 Å². The lowest BCUT2D eigenvalue weighted by molar-refractivity contribution is 0.184. The summed E-state index contributed by atoms with van der Waals surface area (Å²) in [7, 11) is -1.50. The van der Waals surface area contributed by atoms with E-state index >= 15 is 0 Å². The monoisotopic (exact) mass is 512 g/mol. The van der Waals surface area contributed by atoms with E-state index in [1.54, 1.807) is 18.4 Å². The van der Waals surface area contributed by atoms with Gasteiger partial charge in [-0.1, -0.05) is 18.2 Å². The van der Waals surface area contributed by atoms with Gasteiger partial charge in [-0.25, -0.2) is 13.1 Å². The fraction of sp³-hybridized carbons (Fsp3) is 0.438. The van der Waals surface area contributed by atoms with Crippen LogP contribution >= 0.6 is 35.3 Å². The minimum absolute atomic E-state index is 0. The number of guanidine groups is 1. The molecule has 2 rings (SSSR count). The van der Waals surface area contributed by atoms with Crippen LogP contribution < -0.4 is 15.4 Å². The van der Waals surface area contributed by atoms with E-state index in [9.17, 15) is 13.5 Å². The van der Waals surface area contributed by atoms with Gasteiger partial charge in [-0.15, -0.1) is 35.3 Å². The first kappa shape index (κ1) is 23.1. The standard InChI is InChI=1S/C16H24N4O3S2.HI/c1-17-16(18-8-5-9-20-25(2,22)23)19-11-13(21)15-10-12-6-3-4-7-14(12)24-15;/h3-4,6-7,10,13,20-21H,5,8-9,11H2,1-2H3,(H2,17,18,19);1H. The van der Waals surface area contributed by atoms with Gasteiger partial charge in [0.05, 0.1) is 6.26 Å². The third-order valence-electron chi connectivity index (χ3n) is 3.47. The summed E-state index contributed by atoms with van der Waals surface area (Å²) in [6.07, 6.45) is 1.14. The maximum absolute atomic E-state index is 11.0. The van der Waals surface area contributed by atoms with Crippen LogP contribution in [0.3, 0.4) is 0 Å². The summed E-state index contributed by atoms with van der Waals surface area (Å²) >= 11 is 1.58. The van der Waals surface area contributed by atoms with Gasteiger partial charge in [-0.2, -0.15) is 0 Å². The lowest BCUT2D eigenvalue weighted by Gasteiger charge is -2.14. The molecule has 7 nitrogen and oxygen atoms in total. The number of fused-ring (bicyclic) bond motifs is 1. The summed E-state index contributed by atoms with van der Waals surface area (Å²) in [4.78, 5) is 5.00. The number of nitrogens with zero attached hydrogens (tertiary/aromatic N) is 1. The predicted molar refractivity (Wildman–Crippen MR) is 119 cm³/mol. The minimum atomic E-state index is -3.15. The summed E-state index contributed by atoms with van der Waals surface area (Å²) in [5.41, 5.74) is 0. The molecule has 0 aliphatic carbocycles. The highest BCUT2D eigenvalue weighted by Crippen LogP contribution is 2.29. The quantitative estimate of drug-likeness (QED) is 0.187. The SMILES string of the molecule is CN=C(NCCCNS(C)(=O)=O)NCC(O)c1cc2ccccc2s1.I. The first-order valence-corrected chi connectivity index (χ1v) is 10.7. The van der Waals surface area contributed by atoms with Crippen LogP contribution in [-0.4, -0.2) is 52.4 Å². The average molecular weight is 512 g/mol. The number of aliphatic hydroxyl groups excluding tert-OH is 1. The molecule has 0 saturated heterocycles. The number of hydrogen-bond acceptors (Lipinski definition) is 5. The molecule has 0 spiro atoms. The molecule has 146 valence electrons. The van der Waals surface area contributed by atoms with Crippen molar-refractivity contribution in [1.82, 2.24) is 15.4 Å². The number of benzene rings is 1. The van der Waals surface area contributed by atoms with E-state index in [4.69, 9.17) is 0 Å². The summed E-state index contributed by atoms with van der Waals surface area (Å²) in [6, 6.07) is 10.0. The van der Waals surface area contributed by atoms with Crippen LogP contribution in [0.2, 0.25) is 0 Å². The second-order valence-corrected chi connectivity index (χ2v) is 8.55. The maximum Gasteiger partial charge on any atom is 0.208 e. The number of aliphatic imine (C=N–C) groups is 1. The Morgan fingerprint density at radius 3 is 2.65 bits per heavy atom. The van der Waals surface area contributed by atoms with Crippen LogP contribution in [0.25, 0.3) is 10.1 Å². The molecule has 26 heavy (non-hydrogen) atoms. The van der Waals surface area contributed by atoms with Gasteiger partial charge in [0.15, 0.2) is 5.96 Å². The van der Waals surface area contributed by atoms with Gasteiger partial charge in [-0.3, -0.25) is 4.99 Å². The third kappa shape index (κ3) is 7.74. The van der Waals surface area contributed by atoms with E-state index in [-0.39, 0.29) is 24.0 Å². The molecular weight excluding hydrogens is 487 g/mol. The first-order valence-electron chi connectivity index (χ1n) is 7.95. The largest absolute Gasteiger partial charge is 0.386 e. The van der Waals surface area contributed by atoms with E-state index in [1.807, 2.05) is 30.3 Å². The Labute approximate surface area is 175 Å². The molecule has 0 bridgehead atoms. The highest BCUT2D eigenvalue weighted by atomic mass is 127. The second kappa shape index (κ2) is 11.0. The van der Waals surface area contributed by atoms with Crippen molar-refractivity contribution in [3.05, 3.63) is 35.2 Å². The molecule has 2 aromatic rings. The van der Waals surface area contributed by atoms with Gasteiger partial charge in [0, 0.05) is 36.3 Å². The number of rotatable bonds is 8. The fourth-order valence-electron chi connectivity index (χ4n) is 2.23. The molecule has 0 saturated carbocycles. The molecule has 0 radical (unpaired) electrons. The topological polar surface area (TPSA) is 103 Å². The maximum atomic E-state index is 11.0. The van der Waals surface area contributed by atoms with E-state index in [0.717, 1.165) is 21.2 Å². The van der Waals surface area contributed by atoms with Crippen LogP contribution in [0, 0.1) is 0 Å². The summed E-state index contributed by atoms with van der Waals surface area (Å²) < 4.78 is 25.5. The predicted octanol–water partition coefficient (Wildman–Crippen LogP) is 1.66. The zero-order chi connectivity index (χ0) is 18.3. The van der Waals surface area contributed by atoms with Gasteiger partial charge in [0.2, 0.25) is 10.0 Å². The molecule has 1 unspecified atom stereocenters. The van der Waals surface area contributed by atoms with E-state index in [1.165, 1.54) is 0 Å². The lowest BCUT2D eigenvalue weighted by Crippen LogP contribution is -2.40. The van der Waals surface area contributed by atoms with Crippen molar-refractivity contribution in [3.8, 4) is 0 Å². The van der Waals surface area contributed by atoms with Crippen LogP contribution in [0.4, 0.5) is 0 Å². The van der Waals surface area contributed by atoms with Crippen LogP contribution in [0.1, 0.15) is 17.4 Å². The molecule has 0 fully saturated rings. The Bertz CT molecular complexity index is 791. The third-order valence-corrected chi connectivity index (χ3v) is 5.42. The molecular formula is C16H25IN4O3S2. The second-order valence-electron chi connectivity index (χ2n) is 5.60. The van der Waals surface area contributed by atoms with Gasteiger partial charge in [-0.05, 0) is 23.9 Å². The Hall–Kier alpha value is -0.950. The van der Waals surface area contributed by atoms with Crippen molar-refractivity contribution < 1.29 is 13.5 Å².